The molecule has 16 nitrogen and oxygen atoms in total. The van der Waals surface area contributed by atoms with E-state index >= 15 is 8.78 Å². The van der Waals surface area contributed by atoms with Crippen molar-refractivity contribution < 1.29 is 65.4 Å². The van der Waals surface area contributed by atoms with Crippen molar-refractivity contribution in [3.05, 3.63) is 106 Å². The first-order chi connectivity index (χ1) is 32.2. The first kappa shape index (κ1) is 54.1. The number of rotatable bonds is 20. The molecule has 0 radical (unpaired) electrons. The molecule has 2 aliphatic heterocycles. The second kappa shape index (κ2) is 22.3. The van der Waals surface area contributed by atoms with Crippen LogP contribution in [-0.4, -0.2) is 73.4 Å². The lowest BCUT2D eigenvalue weighted by Crippen LogP contribution is -2.56. The maximum Gasteiger partial charge on any atom is 0.410 e. The van der Waals surface area contributed by atoms with Crippen LogP contribution < -0.4 is 21.3 Å². The molecular formula is C50H63F2N4O12P. The molecule has 19 heteroatoms. The Morgan fingerprint density at radius 3 is 2.03 bits per heavy atom. The number of para-hydroxylation sites is 1. The molecule has 4 amide bonds. The van der Waals surface area contributed by atoms with E-state index in [0.717, 1.165) is 34.4 Å². The highest BCUT2D eigenvalue weighted by atomic mass is 31.2. The van der Waals surface area contributed by atoms with Crippen LogP contribution >= 0.6 is 7.60 Å². The van der Waals surface area contributed by atoms with Gasteiger partial charge >= 0.3 is 25.2 Å². The zero-order valence-corrected chi connectivity index (χ0v) is 41.4. The zero-order chi connectivity index (χ0) is 51.1. The zero-order valence-electron chi connectivity index (χ0n) is 40.5. The summed E-state index contributed by atoms with van der Waals surface area (Å²) in [6, 6.07) is 15.1. The van der Waals surface area contributed by atoms with E-state index in [9.17, 15) is 33.3 Å². The van der Waals surface area contributed by atoms with Gasteiger partial charge in [-0.05, 0) is 109 Å². The molecule has 4 atom stereocenters. The highest BCUT2D eigenvalue weighted by molar-refractivity contribution is 7.54. The van der Waals surface area contributed by atoms with Crippen LogP contribution in [0, 0.1) is 17.8 Å². The van der Waals surface area contributed by atoms with Crippen LogP contribution in [0.25, 0.3) is 5.57 Å². The van der Waals surface area contributed by atoms with Gasteiger partial charge in [0, 0.05) is 24.5 Å². The average Bonchev–Trinajstić information content (AvgIpc) is 3.62. The maximum absolute atomic E-state index is 16.1. The lowest BCUT2D eigenvalue weighted by Gasteiger charge is -2.31. The van der Waals surface area contributed by atoms with Crippen molar-refractivity contribution in [1.29, 1.82) is 0 Å². The van der Waals surface area contributed by atoms with Gasteiger partial charge < -0.3 is 30.6 Å². The van der Waals surface area contributed by atoms with Crippen LogP contribution in [0.15, 0.2) is 72.8 Å². The highest BCUT2D eigenvalue weighted by Crippen LogP contribution is 2.67. The number of primary amides is 1. The van der Waals surface area contributed by atoms with E-state index in [1.165, 1.54) is 64.7 Å². The lowest BCUT2D eigenvalue weighted by molar-refractivity contribution is -0.163. The molecular weight excluding hydrogens is 918 g/mol. The number of allylic oxidation sites excluding steroid dienone is 1. The molecule has 69 heavy (non-hydrogen) atoms. The number of nitrogens with two attached hydrogens (primary N) is 1. The van der Waals surface area contributed by atoms with Crippen LogP contribution in [0.5, 0.6) is 0 Å². The Kier molecular flexibility index (Phi) is 17.5. The number of nitrogens with one attached hydrogen (secondary N) is 2. The number of alkyl halides is 2. The Hall–Kier alpha value is -5.81. The molecule has 0 aromatic heterocycles. The van der Waals surface area contributed by atoms with Gasteiger partial charge in [-0.25, -0.2) is 0 Å². The third-order valence-electron chi connectivity index (χ3n) is 11.7. The fourth-order valence-corrected chi connectivity index (χ4v) is 8.77. The summed E-state index contributed by atoms with van der Waals surface area (Å²) >= 11 is 0. The minimum atomic E-state index is -5.57. The average molecular weight is 981 g/mol. The van der Waals surface area contributed by atoms with E-state index in [0.29, 0.717) is 23.2 Å². The summed E-state index contributed by atoms with van der Waals surface area (Å²) in [5, 5.41) is 5.80. The fourth-order valence-electron chi connectivity index (χ4n) is 7.52. The number of benzene rings is 3. The lowest BCUT2D eigenvalue weighted by atomic mass is 9.98. The number of carbonyl (C=O) groups is 6. The number of amides is 4. The van der Waals surface area contributed by atoms with Crippen molar-refractivity contribution in [2.45, 2.75) is 131 Å². The Balaban J connectivity index is 1.30. The van der Waals surface area contributed by atoms with Gasteiger partial charge in [0.05, 0.1) is 35.3 Å². The second-order valence-corrected chi connectivity index (χ2v) is 21.4. The minimum absolute atomic E-state index is 0.0135. The highest BCUT2D eigenvalue weighted by Gasteiger charge is 2.56. The van der Waals surface area contributed by atoms with E-state index in [-0.39, 0.29) is 32.3 Å². The standard InChI is InChI=1S/C50H63F2N4O12P/c1-30-13-15-33(16-14-30)27-64-32(3)38(23-24-41(53)57)55-44(59)40-26-36-12-10-11-35-19-22-39(45(60)56(40)43(35)36)54-42(58)25-31(2)34-17-20-37(21-18-34)50(51,52)69(63,67-28-65-46(61)48(4,5)6)68-29-66-47(62)49(7,8)9/h10-18,20-21,25,32,38-40H,19,22-24,26-29H2,1-9H3,(H2,53,57)(H,54,58)(H,55,59)/b31-25+/t32-,38+,39+,40+/m1/s1. The summed E-state index contributed by atoms with van der Waals surface area (Å²) in [6.45, 7) is 12.4. The molecule has 3 aromatic carbocycles. The van der Waals surface area contributed by atoms with E-state index in [4.69, 9.17) is 29.0 Å². The van der Waals surface area contributed by atoms with Crippen molar-refractivity contribution in [3.63, 3.8) is 0 Å². The summed E-state index contributed by atoms with van der Waals surface area (Å²) in [5.74, 6) is -3.84. The SMILES string of the molecule is C/C(=C\C(=O)N[C@H]1CCc2cccc3c2N(C1=O)[C@H](C(=O)N[C@@H](CCC(N)=O)[C@@H](C)OCc1ccc(C)cc1)C3)c1ccc(C(F)(F)P(=O)(OCOC(=O)C(C)(C)C)OCOC(=O)C(C)(C)C)cc1. The molecule has 0 spiro atoms. The molecule has 0 saturated carbocycles. The molecule has 0 aliphatic carbocycles. The number of aryl methyl sites for hydroxylation is 2. The Bertz CT molecular complexity index is 2430. The number of halogens is 2. The van der Waals surface area contributed by atoms with Gasteiger partial charge in [-0.3, -0.25) is 47.3 Å². The van der Waals surface area contributed by atoms with Crippen LogP contribution in [0.3, 0.4) is 0 Å². The first-order valence-corrected chi connectivity index (χ1v) is 24.2. The van der Waals surface area contributed by atoms with Crippen LogP contribution in [0.1, 0.15) is 108 Å². The normalized spacial score (nSPS) is 17.3. The smallest absolute Gasteiger partial charge is 0.410 e. The van der Waals surface area contributed by atoms with Crippen molar-refractivity contribution in [2.75, 3.05) is 18.5 Å². The van der Waals surface area contributed by atoms with Crippen LogP contribution in [-0.2, 0) is 81.7 Å². The van der Waals surface area contributed by atoms with Crippen molar-refractivity contribution >= 4 is 54.4 Å². The number of hydrogen-bond acceptors (Lipinski definition) is 12. The van der Waals surface area contributed by atoms with Crippen LogP contribution in [0.4, 0.5) is 14.5 Å². The maximum atomic E-state index is 16.1. The molecule has 0 fully saturated rings. The van der Waals surface area contributed by atoms with Gasteiger partial charge in [-0.2, -0.15) is 8.78 Å². The van der Waals surface area contributed by atoms with Crippen molar-refractivity contribution in [1.82, 2.24) is 10.6 Å². The van der Waals surface area contributed by atoms with Gasteiger partial charge in [0.1, 0.15) is 12.1 Å². The number of carbonyl (C=O) groups excluding carboxylic acids is 6. The van der Waals surface area contributed by atoms with Crippen molar-refractivity contribution in [2.24, 2.45) is 16.6 Å². The molecule has 374 valence electrons. The minimum Gasteiger partial charge on any atom is -0.438 e. The largest absolute Gasteiger partial charge is 0.438 e. The third-order valence-corrected chi connectivity index (χ3v) is 13.5. The summed E-state index contributed by atoms with van der Waals surface area (Å²) in [7, 11) is -5.57. The predicted octanol–water partition coefficient (Wildman–Crippen LogP) is 7.51. The number of anilines is 1. The van der Waals surface area contributed by atoms with Gasteiger partial charge in [0.25, 0.3) is 0 Å². The quantitative estimate of drug-likeness (QED) is 0.0434. The molecule has 2 heterocycles. The monoisotopic (exact) mass is 980 g/mol. The van der Waals surface area contributed by atoms with Gasteiger partial charge in [-0.1, -0.05) is 72.3 Å². The first-order valence-electron chi connectivity index (χ1n) is 22.6. The Morgan fingerprint density at radius 1 is 0.884 bits per heavy atom. The van der Waals surface area contributed by atoms with E-state index < -0.39 is 103 Å². The van der Waals surface area contributed by atoms with Gasteiger partial charge in [-0.15, -0.1) is 0 Å². The topological polar surface area (TPSA) is 219 Å². The summed E-state index contributed by atoms with van der Waals surface area (Å²) in [4.78, 5) is 80.2. The molecule has 4 N–H and O–H groups in total. The number of hydrogen-bond donors (Lipinski definition) is 3. The summed E-state index contributed by atoms with van der Waals surface area (Å²) in [5.41, 5.74) is 3.10. The molecule has 3 aromatic rings. The van der Waals surface area contributed by atoms with E-state index in [1.54, 1.807) is 13.8 Å². The van der Waals surface area contributed by atoms with Crippen LogP contribution in [0.2, 0.25) is 0 Å². The molecule has 0 unspecified atom stereocenters. The van der Waals surface area contributed by atoms with Crippen molar-refractivity contribution in [3.8, 4) is 0 Å². The molecule has 0 saturated heterocycles. The number of esters is 2. The third kappa shape index (κ3) is 13.7. The summed E-state index contributed by atoms with van der Waals surface area (Å²) < 4.78 is 71.9. The van der Waals surface area contributed by atoms with Gasteiger partial charge in [0.15, 0.2) is 0 Å². The summed E-state index contributed by atoms with van der Waals surface area (Å²) in [6.07, 6.45) is 1.66. The number of ether oxygens (including phenoxy) is 3. The molecule has 0 bridgehead atoms. The second-order valence-electron chi connectivity index (χ2n) is 19.4. The predicted molar refractivity (Wildman–Crippen MR) is 252 cm³/mol. The van der Waals surface area contributed by atoms with Gasteiger partial charge in [0.2, 0.25) is 37.2 Å². The van der Waals surface area contributed by atoms with E-state index in [1.807, 2.05) is 49.4 Å². The fraction of sp³-hybridized carbons (Fsp3) is 0.480. The molecule has 2 aliphatic rings. The Labute approximate surface area is 401 Å². The van der Waals surface area contributed by atoms with E-state index in [2.05, 4.69) is 10.6 Å². The number of nitrogens with zero attached hydrogens (tertiary/aromatic N) is 1. The molecule has 5 rings (SSSR count). The Morgan fingerprint density at radius 2 is 1.46 bits per heavy atom.